The van der Waals surface area contributed by atoms with Crippen molar-refractivity contribution in [1.82, 2.24) is 15.2 Å². The van der Waals surface area contributed by atoms with Gasteiger partial charge in [-0.05, 0) is 45.7 Å². The van der Waals surface area contributed by atoms with Crippen molar-refractivity contribution in [2.75, 3.05) is 6.54 Å². The Morgan fingerprint density at radius 2 is 1.97 bits per heavy atom. The Labute approximate surface area is 181 Å². The molecule has 1 aromatic heterocycles. The number of benzene rings is 1. The first kappa shape index (κ1) is 22.2. The molecule has 2 amide bonds. The van der Waals surface area contributed by atoms with Gasteiger partial charge in [-0.3, -0.25) is 9.69 Å². The minimum absolute atomic E-state index is 0.0876. The molecule has 0 radical (unpaired) electrons. The maximum atomic E-state index is 12.9. The second-order valence-corrected chi connectivity index (χ2v) is 9.51. The molecule has 1 saturated heterocycles. The van der Waals surface area contributed by atoms with Crippen molar-refractivity contribution in [1.29, 1.82) is 0 Å². The molecule has 1 aliphatic heterocycles. The monoisotopic (exact) mass is 431 g/mol. The van der Waals surface area contributed by atoms with Crippen LogP contribution in [0.4, 0.5) is 4.79 Å². The van der Waals surface area contributed by atoms with Crippen molar-refractivity contribution in [2.24, 2.45) is 0 Å². The number of hydrogen-bond acceptors (Lipinski definition) is 6. The summed E-state index contributed by atoms with van der Waals surface area (Å²) in [7, 11) is 0. The summed E-state index contributed by atoms with van der Waals surface area (Å²) in [5.74, 6) is -0.299. The normalized spacial score (nSPS) is 20.1. The minimum atomic E-state index is -0.753. The van der Waals surface area contributed by atoms with E-state index in [0.29, 0.717) is 0 Å². The molecule has 1 aliphatic rings. The summed E-state index contributed by atoms with van der Waals surface area (Å²) >= 11 is 1.60. The van der Waals surface area contributed by atoms with Gasteiger partial charge in [0.25, 0.3) is 0 Å². The first-order valence-corrected chi connectivity index (χ1v) is 10.9. The molecule has 0 unspecified atom stereocenters. The Kier molecular flexibility index (Phi) is 6.47. The number of aliphatic hydroxyl groups excluding tert-OH is 1. The van der Waals surface area contributed by atoms with Crippen LogP contribution in [0.25, 0.3) is 10.4 Å². The van der Waals surface area contributed by atoms with E-state index >= 15 is 0 Å². The molecule has 3 rings (SSSR count). The van der Waals surface area contributed by atoms with Gasteiger partial charge in [0.05, 0.1) is 34.8 Å². The molecule has 30 heavy (non-hydrogen) atoms. The van der Waals surface area contributed by atoms with E-state index in [4.69, 9.17) is 4.74 Å². The molecule has 162 valence electrons. The molecule has 0 bridgehead atoms. The number of likely N-dealkylation sites (tertiary alicyclic amines) is 1. The summed E-state index contributed by atoms with van der Waals surface area (Å²) in [6, 6.07) is 7.00. The number of aryl methyl sites for hydroxylation is 1. The van der Waals surface area contributed by atoms with Crippen LogP contribution in [0.1, 0.15) is 51.4 Å². The van der Waals surface area contributed by atoms with Gasteiger partial charge in [0.2, 0.25) is 5.91 Å². The number of nitrogens with zero attached hydrogens (tertiary/aromatic N) is 2. The van der Waals surface area contributed by atoms with Crippen LogP contribution < -0.4 is 5.32 Å². The van der Waals surface area contributed by atoms with Gasteiger partial charge in [-0.1, -0.05) is 24.3 Å². The Morgan fingerprint density at radius 3 is 2.53 bits per heavy atom. The molecule has 1 fully saturated rings. The van der Waals surface area contributed by atoms with Crippen LogP contribution in [0.3, 0.4) is 0 Å². The minimum Gasteiger partial charge on any atom is -0.444 e. The smallest absolute Gasteiger partial charge is 0.411 e. The molecule has 8 heteroatoms. The zero-order chi connectivity index (χ0) is 22.1. The third kappa shape index (κ3) is 5.17. The Bertz CT molecular complexity index is 904. The summed E-state index contributed by atoms with van der Waals surface area (Å²) in [5.41, 5.74) is 4.20. The average molecular weight is 432 g/mol. The van der Waals surface area contributed by atoms with E-state index in [1.54, 1.807) is 32.1 Å². The van der Waals surface area contributed by atoms with E-state index in [1.165, 1.54) is 4.90 Å². The molecule has 2 heterocycles. The van der Waals surface area contributed by atoms with Crippen molar-refractivity contribution in [2.45, 2.75) is 64.8 Å². The van der Waals surface area contributed by atoms with Gasteiger partial charge in [-0.15, -0.1) is 11.3 Å². The summed E-state index contributed by atoms with van der Waals surface area (Å²) < 4.78 is 5.39. The number of carbonyl (C=O) groups is 2. The summed E-state index contributed by atoms with van der Waals surface area (Å²) in [6.07, 6.45) is -1.14. The average Bonchev–Trinajstić information content (AvgIpc) is 3.26. The van der Waals surface area contributed by atoms with Crippen molar-refractivity contribution < 1.29 is 19.4 Å². The van der Waals surface area contributed by atoms with Gasteiger partial charge >= 0.3 is 6.09 Å². The van der Waals surface area contributed by atoms with Crippen LogP contribution in [0.15, 0.2) is 29.8 Å². The summed E-state index contributed by atoms with van der Waals surface area (Å²) in [4.78, 5) is 32.1. The Balaban J connectivity index is 1.66. The number of β-amino-alcohol motifs (C(OH)–C–C–N with tert-alkyl or cyclic N) is 1. The fourth-order valence-electron chi connectivity index (χ4n) is 3.48. The van der Waals surface area contributed by atoms with Crippen LogP contribution in [-0.2, 0) is 9.53 Å². The predicted molar refractivity (Wildman–Crippen MR) is 116 cm³/mol. The molecule has 7 nitrogen and oxygen atoms in total. The fraction of sp³-hybridized carbons (Fsp3) is 0.500. The van der Waals surface area contributed by atoms with Gasteiger partial charge in [-0.25, -0.2) is 9.78 Å². The first-order valence-electron chi connectivity index (χ1n) is 10.0. The molecular formula is C22H29N3O4S. The van der Waals surface area contributed by atoms with E-state index in [9.17, 15) is 14.7 Å². The van der Waals surface area contributed by atoms with Gasteiger partial charge in [0, 0.05) is 6.42 Å². The maximum Gasteiger partial charge on any atom is 0.411 e. The summed E-state index contributed by atoms with van der Waals surface area (Å²) in [5, 5.41) is 13.0. The third-order valence-corrected chi connectivity index (χ3v) is 5.96. The third-order valence-electron chi connectivity index (χ3n) is 4.99. The van der Waals surface area contributed by atoms with Crippen LogP contribution >= 0.6 is 11.3 Å². The highest BCUT2D eigenvalue weighted by Crippen LogP contribution is 2.28. The quantitative estimate of drug-likeness (QED) is 0.771. The van der Waals surface area contributed by atoms with Crippen molar-refractivity contribution in [3.63, 3.8) is 0 Å². The lowest BCUT2D eigenvalue weighted by molar-refractivity contribution is -0.126. The number of carbonyl (C=O) groups excluding carboxylic acids is 2. The topological polar surface area (TPSA) is 91.8 Å². The molecule has 0 saturated carbocycles. The highest BCUT2D eigenvalue weighted by Gasteiger charge is 2.41. The van der Waals surface area contributed by atoms with Crippen molar-refractivity contribution in [3.05, 3.63) is 41.0 Å². The molecule has 1 aromatic carbocycles. The molecule has 3 atom stereocenters. The van der Waals surface area contributed by atoms with E-state index in [2.05, 4.69) is 10.3 Å². The number of thiazole rings is 1. The number of hydrogen-bond donors (Lipinski definition) is 2. The van der Waals surface area contributed by atoms with E-state index in [0.717, 1.165) is 21.7 Å². The summed E-state index contributed by atoms with van der Waals surface area (Å²) in [6.45, 7) is 9.28. The standard InChI is InChI=1S/C22H29N3O4S/c1-13(15-6-8-16(9-7-15)19-14(2)23-12-30-19)24-20(27)18-10-17(26)11-25(18)21(28)29-22(3,4)5/h6-9,12-13,17-18,26H,10-11H2,1-5H3,(H,24,27)/t13-,17-,18-/m0/s1. The second kappa shape index (κ2) is 8.73. The number of ether oxygens (including phenoxy) is 1. The molecule has 0 aliphatic carbocycles. The zero-order valence-electron chi connectivity index (χ0n) is 18.0. The molecule has 2 N–H and O–H groups in total. The van der Waals surface area contributed by atoms with Gasteiger partial charge in [0.15, 0.2) is 0 Å². The Morgan fingerprint density at radius 1 is 1.30 bits per heavy atom. The molecular weight excluding hydrogens is 402 g/mol. The van der Waals surface area contributed by atoms with Crippen LogP contribution in [-0.4, -0.2) is 51.3 Å². The second-order valence-electron chi connectivity index (χ2n) is 8.66. The Hall–Kier alpha value is -2.45. The lowest BCUT2D eigenvalue weighted by Crippen LogP contribution is -2.48. The molecule has 0 spiro atoms. The van der Waals surface area contributed by atoms with E-state index in [-0.39, 0.29) is 24.9 Å². The van der Waals surface area contributed by atoms with Crippen LogP contribution in [0.2, 0.25) is 0 Å². The number of aromatic nitrogens is 1. The van der Waals surface area contributed by atoms with Crippen LogP contribution in [0, 0.1) is 6.92 Å². The predicted octanol–water partition coefficient (Wildman–Crippen LogP) is 3.67. The number of amides is 2. The maximum absolute atomic E-state index is 12.9. The first-order chi connectivity index (χ1) is 14.0. The lowest BCUT2D eigenvalue weighted by atomic mass is 10.0. The van der Waals surface area contributed by atoms with Gasteiger partial charge < -0.3 is 15.2 Å². The van der Waals surface area contributed by atoms with Crippen LogP contribution in [0.5, 0.6) is 0 Å². The zero-order valence-corrected chi connectivity index (χ0v) is 18.8. The molecule has 2 aromatic rings. The number of nitrogens with one attached hydrogen (secondary N) is 1. The van der Waals surface area contributed by atoms with Crippen molar-refractivity contribution in [3.8, 4) is 10.4 Å². The van der Waals surface area contributed by atoms with E-state index in [1.807, 2.05) is 43.6 Å². The highest BCUT2D eigenvalue weighted by molar-refractivity contribution is 7.13. The van der Waals surface area contributed by atoms with Gasteiger partial charge in [-0.2, -0.15) is 0 Å². The largest absolute Gasteiger partial charge is 0.444 e. The fourth-order valence-corrected chi connectivity index (χ4v) is 4.29. The number of aliphatic hydroxyl groups is 1. The van der Waals surface area contributed by atoms with Crippen molar-refractivity contribution >= 4 is 23.3 Å². The highest BCUT2D eigenvalue weighted by atomic mass is 32.1. The van der Waals surface area contributed by atoms with Gasteiger partial charge in [0.1, 0.15) is 11.6 Å². The number of rotatable bonds is 4. The SMILES string of the molecule is Cc1ncsc1-c1ccc([C@H](C)NC(=O)[C@@H]2C[C@H](O)CN2C(=O)OC(C)(C)C)cc1. The van der Waals surface area contributed by atoms with E-state index < -0.39 is 23.8 Å². The lowest BCUT2D eigenvalue weighted by Gasteiger charge is -2.28.